The van der Waals surface area contributed by atoms with E-state index in [9.17, 15) is 4.79 Å². The van der Waals surface area contributed by atoms with Gasteiger partial charge in [-0.1, -0.05) is 42.7 Å². The largest absolute Gasteiger partial charge is 0.481 e. The van der Waals surface area contributed by atoms with E-state index in [1.165, 1.54) is 30.4 Å². The molecule has 98 valence electrons. The van der Waals surface area contributed by atoms with Crippen LogP contribution in [0.2, 0.25) is 0 Å². The molecule has 3 heteroatoms. The molecular weight excluding hydrogens is 244 g/mol. The minimum absolute atomic E-state index is 0.229. The summed E-state index contributed by atoms with van der Waals surface area (Å²) in [5, 5.41) is 9.29. The number of carboxylic acid groups (broad SMARTS) is 1. The van der Waals surface area contributed by atoms with Crippen LogP contribution in [-0.2, 0) is 4.79 Å². The van der Waals surface area contributed by atoms with Gasteiger partial charge in [0.05, 0.1) is 5.75 Å². The number of aryl methyl sites for hydroxylation is 1. The van der Waals surface area contributed by atoms with Crippen molar-refractivity contribution in [2.24, 2.45) is 0 Å². The fourth-order valence-corrected chi connectivity index (χ4v) is 3.97. The van der Waals surface area contributed by atoms with Crippen LogP contribution in [-0.4, -0.2) is 22.1 Å². The van der Waals surface area contributed by atoms with E-state index < -0.39 is 5.97 Å². The van der Waals surface area contributed by atoms with Crippen LogP contribution in [0, 0.1) is 6.92 Å². The van der Waals surface area contributed by atoms with Gasteiger partial charge in [0.25, 0.3) is 0 Å². The normalized spacial score (nSPS) is 23.8. The molecule has 0 radical (unpaired) electrons. The van der Waals surface area contributed by atoms with Crippen LogP contribution in [0.4, 0.5) is 0 Å². The predicted molar refractivity (Wildman–Crippen MR) is 76.3 cm³/mol. The molecule has 2 atom stereocenters. The van der Waals surface area contributed by atoms with Gasteiger partial charge in [0.1, 0.15) is 0 Å². The Morgan fingerprint density at radius 3 is 2.89 bits per heavy atom. The number of thioether (sulfide) groups is 1. The van der Waals surface area contributed by atoms with Gasteiger partial charge in [-0.25, -0.2) is 0 Å². The Bertz CT molecular complexity index is 417. The topological polar surface area (TPSA) is 37.3 Å². The van der Waals surface area contributed by atoms with Crippen LogP contribution in [0.1, 0.15) is 42.7 Å². The van der Waals surface area contributed by atoms with Crippen LogP contribution in [0.5, 0.6) is 0 Å². The molecule has 18 heavy (non-hydrogen) atoms. The molecule has 0 unspecified atom stereocenters. The summed E-state index contributed by atoms with van der Waals surface area (Å²) < 4.78 is 0. The molecule has 2 nitrogen and oxygen atoms in total. The van der Waals surface area contributed by atoms with Crippen LogP contribution < -0.4 is 0 Å². The molecule has 1 N–H and O–H groups in total. The molecule has 1 aliphatic carbocycles. The van der Waals surface area contributed by atoms with Gasteiger partial charge in [0.2, 0.25) is 0 Å². The average Bonchev–Trinajstić information content (AvgIpc) is 2.36. The summed E-state index contributed by atoms with van der Waals surface area (Å²) in [4.78, 5) is 10.7. The molecule has 1 aromatic carbocycles. The van der Waals surface area contributed by atoms with Gasteiger partial charge >= 0.3 is 5.97 Å². The highest BCUT2D eigenvalue weighted by atomic mass is 32.2. The lowest BCUT2D eigenvalue weighted by Gasteiger charge is -2.31. The minimum Gasteiger partial charge on any atom is -0.481 e. The van der Waals surface area contributed by atoms with Gasteiger partial charge in [-0.15, -0.1) is 11.8 Å². The van der Waals surface area contributed by atoms with E-state index in [1.54, 1.807) is 11.8 Å². The lowest BCUT2D eigenvalue weighted by atomic mass is 9.83. The maximum Gasteiger partial charge on any atom is 0.313 e. The Morgan fingerprint density at radius 1 is 1.39 bits per heavy atom. The van der Waals surface area contributed by atoms with Crippen molar-refractivity contribution in [2.75, 3.05) is 5.75 Å². The zero-order chi connectivity index (χ0) is 13.0. The summed E-state index contributed by atoms with van der Waals surface area (Å²) in [7, 11) is 0. The Labute approximate surface area is 113 Å². The molecule has 0 bridgehead atoms. The van der Waals surface area contributed by atoms with Crippen molar-refractivity contribution in [2.45, 2.75) is 43.8 Å². The Kier molecular flexibility index (Phi) is 4.70. The fraction of sp³-hybridized carbons (Fsp3) is 0.533. The number of aliphatic carboxylic acids is 1. The number of hydrogen-bond acceptors (Lipinski definition) is 2. The Hall–Kier alpha value is -0.960. The second-order valence-corrected chi connectivity index (χ2v) is 6.28. The van der Waals surface area contributed by atoms with Crippen molar-refractivity contribution in [1.82, 2.24) is 0 Å². The molecule has 0 amide bonds. The third-order valence-electron chi connectivity index (χ3n) is 3.59. The number of carbonyl (C=O) groups is 1. The SMILES string of the molecule is Cc1cccc([C@H]2CCCC[C@@H]2SCC(=O)O)c1. The Morgan fingerprint density at radius 2 is 2.17 bits per heavy atom. The first-order chi connectivity index (χ1) is 8.66. The average molecular weight is 264 g/mol. The molecule has 1 aromatic rings. The van der Waals surface area contributed by atoms with E-state index in [1.807, 2.05) is 0 Å². The summed E-state index contributed by atoms with van der Waals surface area (Å²) in [5.41, 5.74) is 2.68. The van der Waals surface area contributed by atoms with Gasteiger partial charge in [-0.05, 0) is 31.2 Å². The second kappa shape index (κ2) is 6.28. The number of rotatable bonds is 4. The van der Waals surface area contributed by atoms with E-state index in [2.05, 4.69) is 31.2 Å². The van der Waals surface area contributed by atoms with Crippen LogP contribution in [0.15, 0.2) is 24.3 Å². The van der Waals surface area contributed by atoms with Crippen molar-refractivity contribution >= 4 is 17.7 Å². The summed E-state index contributed by atoms with van der Waals surface area (Å²) in [6.07, 6.45) is 4.85. The molecule has 0 saturated heterocycles. The quantitative estimate of drug-likeness (QED) is 0.897. The minimum atomic E-state index is -0.700. The van der Waals surface area contributed by atoms with Crippen molar-refractivity contribution in [3.63, 3.8) is 0 Å². The number of carboxylic acids is 1. The molecule has 0 aromatic heterocycles. The van der Waals surface area contributed by atoms with Crippen LogP contribution >= 0.6 is 11.8 Å². The molecule has 0 aliphatic heterocycles. The van der Waals surface area contributed by atoms with Gasteiger partial charge in [0, 0.05) is 5.25 Å². The van der Waals surface area contributed by atoms with Crippen molar-refractivity contribution in [3.8, 4) is 0 Å². The summed E-state index contributed by atoms with van der Waals surface area (Å²) in [6.45, 7) is 2.12. The highest BCUT2D eigenvalue weighted by Gasteiger charge is 2.27. The van der Waals surface area contributed by atoms with Crippen LogP contribution in [0.25, 0.3) is 0 Å². The Balaban J connectivity index is 2.09. The second-order valence-electron chi connectivity index (χ2n) is 5.05. The molecule has 1 aliphatic rings. The summed E-state index contributed by atoms with van der Waals surface area (Å²) in [5.74, 6) is 0.0593. The third-order valence-corrected chi connectivity index (χ3v) is 5.00. The smallest absolute Gasteiger partial charge is 0.313 e. The first-order valence-corrected chi connectivity index (χ1v) is 7.61. The van der Waals surface area contributed by atoms with Crippen molar-refractivity contribution in [3.05, 3.63) is 35.4 Å². The highest BCUT2D eigenvalue weighted by molar-refractivity contribution is 8.00. The standard InChI is InChI=1S/C15H20O2S/c1-11-5-4-6-12(9-11)13-7-2-3-8-14(13)18-10-15(16)17/h4-6,9,13-14H,2-3,7-8,10H2,1H3,(H,16,17)/t13-,14+/m1/s1. The third kappa shape index (κ3) is 3.52. The fourth-order valence-electron chi connectivity index (χ4n) is 2.76. The highest BCUT2D eigenvalue weighted by Crippen LogP contribution is 2.40. The first kappa shape index (κ1) is 13.5. The van der Waals surface area contributed by atoms with Gasteiger partial charge in [0.15, 0.2) is 0 Å². The van der Waals surface area contributed by atoms with E-state index in [-0.39, 0.29) is 5.75 Å². The number of hydrogen-bond donors (Lipinski definition) is 1. The summed E-state index contributed by atoms with van der Waals surface area (Å²) >= 11 is 1.61. The van der Waals surface area contributed by atoms with Crippen LogP contribution in [0.3, 0.4) is 0 Å². The maximum absolute atomic E-state index is 10.7. The van der Waals surface area contributed by atoms with E-state index >= 15 is 0 Å². The van der Waals surface area contributed by atoms with Crippen molar-refractivity contribution < 1.29 is 9.90 Å². The summed E-state index contributed by atoms with van der Waals surface area (Å²) in [6, 6.07) is 8.67. The molecule has 1 fully saturated rings. The van der Waals surface area contributed by atoms with Gasteiger partial charge in [-0.3, -0.25) is 4.79 Å². The molecule has 1 saturated carbocycles. The lowest BCUT2D eigenvalue weighted by Crippen LogP contribution is -2.21. The maximum atomic E-state index is 10.7. The molecule has 0 heterocycles. The number of benzene rings is 1. The molecule has 2 rings (SSSR count). The van der Waals surface area contributed by atoms with Gasteiger partial charge in [-0.2, -0.15) is 0 Å². The van der Waals surface area contributed by atoms with Gasteiger partial charge < -0.3 is 5.11 Å². The van der Waals surface area contributed by atoms with E-state index in [4.69, 9.17) is 5.11 Å². The van der Waals surface area contributed by atoms with E-state index in [0.29, 0.717) is 11.2 Å². The zero-order valence-corrected chi connectivity index (χ0v) is 11.6. The molecular formula is C15H20O2S. The first-order valence-electron chi connectivity index (χ1n) is 6.57. The van der Waals surface area contributed by atoms with E-state index in [0.717, 1.165) is 6.42 Å². The lowest BCUT2D eigenvalue weighted by molar-refractivity contribution is -0.133. The predicted octanol–water partition coefficient (Wildman–Crippen LogP) is 3.84. The zero-order valence-electron chi connectivity index (χ0n) is 10.8. The molecule has 0 spiro atoms. The monoisotopic (exact) mass is 264 g/mol. The van der Waals surface area contributed by atoms with Crippen molar-refractivity contribution in [1.29, 1.82) is 0 Å².